The zero-order valence-electron chi connectivity index (χ0n) is 15.6. The van der Waals surface area contributed by atoms with Crippen LogP contribution in [-0.2, 0) is 17.8 Å². The molecule has 0 radical (unpaired) electrons. The molecule has 0 aliphatic rings. The number of hydrogen-bond donors (Lipinski definition) is 1. The van der Waals surface area contributed by atoms with Crippen LogP contribution in [0.25, 0.3) is 10.2 Å². The van der Waals surface area contributed by atoms with Crippen molar-refractivity contribution >= 4 is 32.6 Å². The molecule has 0 aliphatic carbocycles. The number of carbonyl (C=O) groups is 1. The summed E-state index contributed by atoms with van der Waals surface area (Å²) in [6.07, 6.45) is 0.278. The fourth-order valence-corrected chi connectivity index (χ4v) is 3.72. The van der Waals surface area contributed by atoms with E-state index in [1.54, 1.807) is 0 Å². The molecule has 1 N–H and O–H groups in total. The lowest BCUT2D eigenvalue weighted by Crippen LogP contribution is -2.14. The SMILES string of the molecule is Cc1noc(C)c1COc1ccc(CC(=O)Nc2nc3ccccc3s2)cc1. The molecule has 2 heterocycles. The van der Waals surface area contributed by atoms with Crippen LogP contribution in [0.2, 0.25) is 0 Å². The highest BCUT2D eigenvalue weighted by molar-refractivity contribution is 7.22. The third-order valence-electron chi connectivity index (χ3n) is 4.39. The van der Waals surface area contributed by atoms with Gasteiger partial charge in [-0.15, -0.1) is 0 Å². The van der Waals surface area contributed by atoms with Crippen molar-refractivity contribution in [1.82, 2.24) is 10.1 Å². The molecule has 7 heteroatoms. The van der Waals surface area contributed by atoms with Gasteiger partial charge in [0, 0.05) is 0 Å². The number of carbonyl (C=O) groups excluding carboxylic acids is 1. The number of thiazole rings is 1. The number of anilines is 1. The largest absolute Gasteiger partial charge is 0.489 e. The average Bonchev–Trinajstić information content (AvgIpc) is 3.23. The smallest absolute Gasteiger partial charge is 0.230 e. The fourth-order valence-electron chi connectivity index (χ4n) is 2.84. The fraction of sp³-hybridized carbons (Fsp3) is 0.190. The Labute approximate surface area is 166 Å². The van der Waals surface area contributed by atoms with Crippen LogP contribution in [-0.4, -0.2) is 16.0 Å². The van der Waals surface area contributed by atoms with E-state index in [-0.39, 0.29) is 12.3 Å². The molecule has 0 spiro atoms. The van der Waals surface area contributed by atoms with Crippen molar-refractivity contribution < 1.29 is 14.1 Å². The standard InChI is InChI=1S/C21H19N3O3S/c1-13-17(14(2)27-24-13)12-26-16-9-7-15(8-10-16)11-20(25)23-21-22-18-5-3-4-6-19(18)28-21/h3-10H,11-12H2,1-2H3,(H,22,23,25). The molecule has 0 fully saturated rings. The maximum Gasteiger partial charge on any atom is 0.230 e. The molecule has 142 valence electrons. The highest BCUT2D eigenvalue weighted by Gasteiger charge is 2.11. The number of amides is 1. The quantitative estimate of drug-likeness (QED) is 0.515. The lowest BCUT2D eigenvalue weighted by Gasteiger charge is -2.07. The molecular weight excluding hydrogens is 374 g/mol. The van der Waals surface area contributed by atoms with Crippen molar-refractivity contribution in [3.63, 3.8) is 0 Å². The number of rotatable bonds is 6. The Bertz CT molecular complexity index is 1060. The summed E-state index contributed by atoms with van der Waals surface area (Å²) in [5, 5.41) is 7.41. The van der Waals surface area contributed by atoms with Gasteiger partial charge in [-0.2, -0.15) is 0 Å². The van der Waals surface area contributed by atoms with Gasteiger partial charge in [0.15, 0.2) is 5.13 Å². The number of aryl methyl sites for hydroxylation is 2. The lowest BCUT2D eigenvalue weighted by atomic mass is 10.1. The molecule has 0 saturated heterocycles. The Kier molecular flexibility index (Phi) is 5.08. The Balaban J connectivity index is 1.34. The second kappa shape index (κ2) is 7.82. The highest BCUT2D eigenvalue weighted by Crippen LogP contribution is 2.25. The Morgan fingerprint density at radius 1 is 1.14 bits per heavy atom. The van der Waals surface area contributed by atoms with E-state index in [2.05, 4.69) is 15.5 Å². The van der Waals surface area contributed by atoms with E-state index in [9.17, 15) is 4.79 Å². The Morgan fingerprint density at radius 2 is 1.93 bits per heavy atom. The molecular formula is C21H19N3O3S. The molecule has 0 saturated carbocycles. The summed E-state index contributed by atoms with van der Waals surface area (Å²) in [5.74, 6) is 1.40. The minimum absolute atomic E-state index is 0.0940. The second-order valence-electron chi connectivity index (χ2n) is 6.45. The summed E-state index contributed by atoms with van der Waals surface area (Å²) >= 11 is 1.47. The van der Waals surface area contributed by atoms with Crippen LogP contribution in [0, 0.1) is 13.8 Å². The lowest BCUT2D eigenvalue weighted by molar-refractivity contribution is -0.115. The molecule has 0 bridgehead atoms. The van der Waals surface area contributed by atoms with Gasteiger partial charge < -0.3 is 14.6 Å². The first kappa shape index (κ1) is 18.2. The first-order valence-corrected chi connectivity index (χ1v) is 9.69. The molecule has 0 aliphatic heterocycles. The van der Waals surface area contributed by atoms with Crippen LogP contribution < -0.4 is 10.1 Å². The monoisotopic (exact) mass is 393 g/mol. The summed E-state index contributed by atoms with van der Waals surface area (Å²) in [6.45, 7) is 4.16. The Hall–Kier alpha value is -3.19. The number of hydrogen-bond acceptors (Lipinski definition) is 6. The minimum Gasteiger partial charge on any atom is -0.489 e. The Morgan fingerprint density at radius 3 is 2.64 bits per heavy atom. The van der Waals surface area contributed by atoms with Crippen LogP contribution in [0.5, 0.6) is 5.75 Å². The van der Waals surface area contributed by atoms with E-state index in [0.717, 1.165) is 38.5 Å². The van der Waals surface area contributed by atoms with Gasteiger partial charge in [-0.1, -0.05) is 40.8 Å². The van der Waals surface area contributed by atoms with Gasteiger partial charge in [0.2, 0.25) is 5.91 Å². The molecule has 0 unspecified atom stereocenters. The first-order valence-electron chi connectivity index (χ1n) is 8.87. The van der Waals surface area contributed by atoms with E-state index >= 15 is 0 Å². The zero-order valence-corrected chi connectivity index (χ0v) is 16.4. The molecule has 4 aromatic rings. The van der Waals surface area contributed by atoms with E-state index in [1.165, 1.54) is 11.3 Å². The highest BCUT2D eigenvalue weighted by atomic mass is 32.1. The number of aromatic nitrogens is 2. The predicted molar refractivity (Wildman–Crippen MR) is 109 cm³/mol. The summed E-state index contributed by atoms with van der Waals surface area (Å²) in [6, 6.07) is 15.3. The van der Waals surface area contributed by atoms with Gasteiger partial charge in [0.1, 0.15) is 18.1 Å². The van der Waals surface area contributed by atoms with Gasteiger partial charge in [0.25, 0.3) is 0 Å². The van der Waals surface area contributed by atoms with Crippen LogP contribution in [0.3, 0.4) is 0 Å². The maximum absolute atomic E-state index is 12.3. The number of fused-ring (bicyclic) bond motifs is 1. The van der Waals surface area contributed by atoms with E-state index in [0.29, 0.717) is 11.7 Å². The second-order valence-corrected chi connectivity index (χ2v) is 7.48. The molecule has 1 amide bonds. The molecule has 28 heavy (non-hydrogen) atoms. The third kappa shape index (κ3) is 4.04. The number of para-hydroxylation sites is 1. The van der Waals surface area contributed by atoms with E-state index < -0.39 is 0 Å². The maximum atomic E-state index is 12.3. The summed E-state index contributed by atoms with van der Waals surface area (Å²) in [7, 11) is 0. The van der Waals surface area contributed by atoms with Crippen LogP contribution >= 0.6 is 11.3 Å². The van der Waals surface area contributed by atoms with Crippen LogP contribution in [0.1, 0.15) is 22.6 Å². The predicted octanol–water partition coefficient (Wildman–Crippen LogP) is 4.66. The number of nitrogens with one attached hydrogen (secondary N) is 1. The summed E-state index contributed by atoms with van der Waals surface area (Å²) in [5.41, 5.74) is 3.59. The van der Waals surface area contributed by atoms with Crippen LogP contribution in [0.15, 0.2) is 53.1 Å². The molecule has 0 atom stereocenters. The first-order chi connectivity index (χ1) is 13.6. The minimum atomic E-state index is -0.0940. The molecule has 2 aromatic carbocycles. The van der Waals surface area contributed by atoms with Crippen molar-refractivity contribution in [2.24, 2.45) is 0 Å². The van der Waals surface area contributed by atoms with Gasteiger partial charge in [-0.3, -0.25) is 4.79 Å². The van der Waals surface area contributed by atoms with Crippen molar-refractivity contribution in [3.05, 3.63) is 71.1 Å². The van der Waals surface area contributed by atoms with Crippen molar-refractivity contribution in [3.8, 4) is 5.75 Å². The van der Waals surface area contributed by atoms with Crippen LogP contribution in [0.4, 0.5) is 5.13 Å². The number of nitrogens with zero attached hydrogens (tertiary/aromatic N) is 2. The molecule has 4 rings (SSSR count). The zero-order chi connectivity index (χ0) is 19.5. The molecule has 6 nitrogen and oxygen atoms in total. The van der Waals surface area contributed by atoms with Crippen molar-refractivity contribution in [2.45, 2.75) is 26.9 Å². The van der Waals surface area contributed by atoms with Gasteiger partial charge in [0.05, 0.1) is 27.9 Å². The normalized spacial score (nSPS) is 10.9. The molecule has 2 aromatic heterocycles. The van der Waals surface area contributed by atoms with E-state index in [1.807, 2.05) is 62.4 Å². The summed E-state index contributed by atoms with van der Waals surface area (Å²) < 4.78 is 12.0. The number of ether oxygens (including phenoxy) is 1. The van der Waals surface area contributed by atoms with Gasteiger partial charge in [-0.25, -0.2) is 4.98 Å². The van der Waals surface area contributed by atoms with E-state index in [4.69, 9.17) is 9.26 Å². The third-order valence-corrected chi connectivity index (χ3v) is 5.34. The summed E-state index contributed by atoms with van der Waals surface area (Å²) in [4.78, 5) is 16.7. The van der Waals surface area contributed by atoms with Gasteiger partial charge in [-0.05, 0) is 43.7 Å². The van der Waals surface area contributed by atoms with Gasteiger partial charge >= 0.3 is 0 Å². The average molecular weight is 393 g/mol. The van der Waals surface area contributed by atoms with Crippen molar-refractivity contribution in [1.29, 1.82) is 0 Å². The number of benzene rings is 2. The van der Waals surface area contributed by atoms with Crippen molar-refractivity contribution in [2.75, 3.05) is 5.32 Å². The topological polar surface area (TPSA) is 77.2 Å².